The van der Waals surface area contributed by atoms with Gasteiger partial charge < -0.3 is 9.64 Å². The Bertz CT molecular complexity index is 763. The number of amides is 1. The highest BCUT2D eigenvalue weighted by atomic mass is 32.2. The van der Waals surface area contributed by atoms with Gasteiger partial charge in [-0.2, -0.15) is 0 Å². The average molecular weight is 337 g/mol. The van der Waals surface area contributed by atoms with Gasteiger partial charge in [0.05, 0.1) is 19.0 Å². The highest BCUT2D eigenvalue weighted by Crippen LogP contribution is 2.21. The fourth-order valence-electron chi connectivity index (χ4n) is 2.48. The van der Waals surface area contributed by atoms with Crippen molar-refractivity contribution in [3.63, 3.8) is 0 Å². The van der Waals surface area contributed by atoms with Crippen LogP contribution < -0.4 is 5.56 Å². The summed E-state index contributed by atoms with van der Waals surface area (Å²) in [7, 11) is 0. The van der Waals surface area contributed by atoms with Crippen LogP contribution in [0.15, 0.2) is 16.0 Å². The second kappa shape index (κ2) is 6.71. The van der Waals surface area contributed by atoms with Gasteiger partial charge in [-0.05, 0) is 5.92 Å². The largest absolute Gasteiger partial charge is 0.378 e. The second-order valence-electron chi connectivity index (χ2n) is 5.64. The molecule has 8 nitrogen and oxygen atoms in total. The number of thioether (sulfide) groups is 1. The summed E-state index contributed by atoms with van der Waals surface area (Å²) in [5.41, 5.74) is 0.629. The van der Waals surface area contributed by atoms with Crippen molar-refractivity contribution in [3.05, 3.63) is 22.1 Å². The van der Waals surface area contributed by atoms with Crippen molar-refractivity contribution in [2.24, 2.45) is 0 Å². The summed E-state index contributed by atoms with van der Waals surface area (Å²) in [6.45, 7) is 6.43. The third kappa shape index (κ3) is 3.40. The van der Waals surface area contributed by atoms with Crippen molar-refractivity contribution in [1.82, 2.24) is 24.5 Å². The first-order valence-corrected chi connectivity index (χ1v) is 8.51. The maximum Gasteiger partial charge on any atom is 0.252 e. The number of carbonyl (C=O) groups excluding carboxylic acids is 1. The van der Waals surface area contributed by atoms with Gasteiger partial charge >= 0.3 is 0 Å². The van der Waals surface area contributed by atoms with Crippen molar-refractivity contribution in [2.75, 3.05) is 32.1 Å². The molecule has 1 saturated heterocycles. The fraction of sp³-hybridized carbons (Fsp3) is 0.571. The molecule has 1 N–H and O–H groups in total. The Kier molecular flexibility index (Phi) is 4.67. The Balaban J connectivity index is 1.80. The van der Waals surface area contributed by atoms with E-state index in [2.05, 4.69) is 15.2 Å². The predicted molar refractivity (Wildman–Crippen MR) is 85.8 cm³/mol. The maximum atomic E-state index is 12.2. The Labute approximate surface area is 137 Å². The molecule has 0 radical (unpaired) electrons. The molecule has 124 valence electrons. The number of H-pyrrole nitrogens is 1. The molecule has 23 heavy (non-hydrogen) atoms. The van der Waals surface area contributed by atoms with Crippen LogP contribution in [0.1, 0.15) is 25.5 Å². The highest BCUT2D eigenvalue weighted by Gasteiger charge is 2.19. The summed E-state index contributed by atoms with van der Waals surface area (Å²) < 4.78 is 7.06. The molecular weight excluding hydrogens is 318 g/mol. The molecule has 0 bridgehead atoms. The summed E-state index contributed by atoms with van der Waals surface area (Å²) in [4.78, 5) is 28.4. The molecular formula is C14H19N5O3S. The van der Waals surface area contributed by atoms with Crippen molar-refractivity contribution in [1.29, 1.82) is 0 Å². The third-order valence-corrected chi connectivity index (χ3v) is 4.60. The molecule has 3 rings (SSSR count). The highest BCUT2D eigenvalue weighted by molar-refractivity contribution is 7.99. The minimum Gasteiger partial charge on any atom is -0.378 e. The molecule has 0 spiro atoms. The number of ether oxygens (including phenoxy) is 1. The van der Waals surface area contributed by atoms with E-state index >= 15 is 0 Å². The number of hydrogen-bond donors (Lipinski definition) is 1. The number of aromatic amines is 1. The van der Waals surface area contributed by atoms with Crippen LogP contribution in [0.2, 0.25) is 0 Å². The predicted octanol–water partition coefficient (Wildman–Crippen LogP) is 0.492. The second-order valence-corrected chi connectivity index (χ2v) is 6.58. The molecule has 0 saturated carbocycles. The molecule has 1 aliphatic rings. The number of aromatic nitrogens is 4. The Morgan fingerprint density at radius 1 is 1.39 bits per heavy atom. The van der Waals surface area contributed by atoms with Crippen LogP contribution >= 0.6 is 11.8 Å². The fourth-order valence-corrected chi connectivity index (χ4v) is 3.33. The number of carbonyl (C=O) groups is 1. The number of nitrogens with zero attached hydrogens (tertiary/aromatic N) is 4. The summed E-state index contributed by atoms with van der Waals surface area (Å²) >= 11 is 1.33. The summed E-state index contributed by atoms with van der Waals surface area (Å²) in [5.74, 6) is 0.899. The number of morpholine rings is 1. The molecule has 0 atom stereocenters. The summed E-state index contributed by atoms with van der Waals surface area (Å²) in [5, 5.41) is 8.72. The van der Waals surface area contributed by atoms with Crippen LogP contribution in [0, 0.1) is 0 Å². The maximum absolute atomic E-state index is 12.2. The molecule has 2 aromatic rings. The van der Waals surface area contributed by atoms with Gasteiger partial charge in [-0.1, -0.05) is 25.6 Å². The van der Waals surface area contributed by atoms with Gasteiger partial charge in [0.1, 0.15) is 0 Å². The van der Waals surface area contributed by atoms with Crippen molar-refractivity contribution >= 4 is 23.4 Å². The van der Waals surface area contributed by atoms with Gasteiger partial charge in [-0.3, -0.25) is 19.0 Å². The quantitative estimate of drug-likeness (QED) is 0.817. The number of nitrogens with one attached hydrogen (secondary N) is 1. The van der Waals surface area contributed by atoms with Gasteiger partial charge in [0.2, 0.25) is 11.7 Å². The van der Waals surface area contributed by atoms with E-state index in [9.17, 15) is 9.59 Å². The van der Waals surface area contributed by atoms with E-state index in [1.54, 1.807) is 11.0 Å². The number of rotatable bonds is 4. The Hall–Kier alpha value is -1.87. The van der Waals surface area contributed by atoms with Gasteiger partial charge in [-0.25, -0.2) is 0 Å². The van der Waals surface area contributed by atoms with Crippen LogP contribution in [-0.2, 0) is 9.53 Å². The van der Waals surface area contributed by atoms with Crippen molar-refractivity contribution < 1.29 is 9.53 Å². The van der Waals surface area contributed by atoms with E-state index in [0.29, 0.717) is 37.2 Å². The molecule has 0 aromatic carbocycles. The molecule has 2 aromatic heterocycles. The van der Waals surface area contributed by atoms with E-state index in [1.807, 2.05) is 18.2 Å². The molecule has 0 unspecified atom stereocenters. The SMILES string of the molecule is CC(C)c1cc(=O)[nH]c2nnc(SCC(=O)N3CCOCC3)n12. The zero-order chi connectivity index (χ0) is 16.4. The summed E-state index contributed by atoms with van der Waals surface area (Å²) in [6.07, 6.45) is 0. The minimum absolute atomic E-state index is 0.0607. The van der Waals surface area contributed by atoms with E-state index < -0.39 is 0 Å². The normalized spacial score (nSPS) is 15.5. The standard InChI is InChI=1S/C14H19N5O3S/c1-9(2)10-7-11(20)15-13-16-17-14(19(10)13)23-8-12(21)18-3-5-22-6-4-18/h7,9H,3-6,8H2,1-2H3,(H,15,16,20). The van der Waals surface area contributed by atoms with Crippen LogP contribution in [0.25, 0.3) is 5.78 Å². The Morgan fingerprint density at radius 3 is 2.83 bits per heavy atom. The lowest BCUT2D eigenvalue weighted by molar-refractivity contribution is -0.132. The van der Waals surface area contributed by atoms with Crippen molar-refractivity contribution in [3.8, 4) is 0 Å². The zero-order valence-electron chi connectivity index (χ0n) is 13.1. The van der Waals surface area contributed by atoms with Gasteiger partial charge in [0.15, 0.2) is 5.16 Å². The van der Waals surface area contributed by atoms with Crippen LogP contribution in [0.5, 0.6) is 0 Å². The number of hydrogen-bond acceptors (Lipinski definition) is 6. The first-order valence-electron chi connectivity index (χ1n) is 7.53. The van der Waals surface area contributed by atoms with Crippen LogP contribution in [0.3, 0.4) is 0 Å². The van der Waals surface area contributed by atoms with Crippen LogP contribution in [0.4, 0.5) is 0 Å². The molecule has 1 aliphatic heterocycles. The molecule has 9 heteroatoms. The van der Waals surface area contributed by atoms with Crippen molar-refractivity contribution in [2.45, 2.75) is 24.9 Å². The average Bonchev–Trinajstić information content (AvgIpc) is 2.95. The first-order chi connectivity index (χ1) is 11.1. The van der Waals surface area contributed by atoms with Crippen LogP contribution in [-0.4, -0.2) is 62.4 Å². The van der Waals surface area contributed by atoms with E-state index in [0.717, 1.165) is 5.69 Å². The summed E-state index contributed by atoms with van der Waals surface area (Å²) in [6, 6.07) is 1.55. The third-order valence-electron chi connectivity index (χ3n) is 3.69. The monoisotopic (exact) mass is 337 g/mol. The molecule has 3 heterocycles. The molecule has 1 amide bonds. The molecule has 0 aliphatic carbocycles. The lowest BCUT2D eigenvalue weighted by atomic mass is 10.1. The number of fused-ring (bicyclic) bond motifs is 1. The van der Waals surface area contributed by atoms with E-state index in [1.165, 1.54) is 11.8 Å². The molecule has 1 fully saturated rings. The lowest BCUT2D eigenvalue weighted by Gasteiger charge is -2.26. The van der Waals surface area contributed by atoms with Gasteiger partial charge in [0.25, 0.3) is 5.56 Å². The van der Waals surface area contributed by atoms with Gasteiger partial charge in [0, 0.05) is 24.8 Å². The smallest absolute Gasteiger partial charge is 0.252 e. The zero-order valence-corrected chi connectivity index (χ0v) is 13.9. The Morgan fingerprint density at radius 2 is 2.13 bits per heavy atom. The lowest BCUT2D eigenvalue weighted by Crippen LogP contribution is -2.41. The minimum atomic E-state index is -0.199. The van der Waals surface area contributed by atoms with Gasteiger partial charge in [-0.15, -0.1) is 10.2 Å². The van der Waals surface area contributed by atoms with E-state index in [4.69, 9.17) is 4.74 Å². The van der Waals surface area contributed by atoms with E-state index in [-0.39, 0.29) is 23.1 Å². The first kappa shape index (κ1) is 16.0. The topological polar surface area (TPSA) is 92.6 Å².